The lowest BCUT2D eigenvalue weighted by molar-refractivity contribution is 0.306. The van der Waals surface area contributed by atoms with Gasteiger partial charge in [-0.25, -0.2) is 5.43 Å². The fourth-order valence-corrected chi connectivity index (χ4v) is 2.41. The van der Waals surface area contributed by atoms with Crippen molar-refractivity contribution in [3.8, 4) is 11.8 Å². The van der Waals surface area contributed by atoms with Crippen LogP contribution in [0.2, 0.25) is 0 Å². The number of para-hydroxylation sites is 1. The zero-order chi connectivity index (χ0) is 17.3. The second kappa shape index (κ2) is 8.53. The van der Waals surface area contributed by atoms with Gasteiger partial charge in [0.2, 0.25) is 0 Å². The Morgan fingerprint density at radius 2 is 1.64 bits per heavy atom. The van der Waals surface area contributed by atoms with Gasteiger partial charge in [-0.2, -0.15) is 5.26 Å². The zero-order valence-corrected chi connectivity index (χ0v) is 13.8. The van der Waals surface area contributed by atoms with Crippen molar-refractivity contribution in [1.82, 2.24) is 5.43 Å². The van der Waals surface area contributed by atoms with Gasteiger partial charge >= 0.3 is 0 Å². The second-order valence-corrected chi connectivity index (χ2v) is 5.59. The van der Waals surface area contributed by atoms with E-state index in [9.17, 15) is 0 Å². The second-order valence-electron chi connectivity index (χ2n) is 5.59. The van der Waals surface area contributed by atoms with E-state index in [-0.39, 0.29) is 0 Å². The first-order valence-corrected chi connectivity index (χ1v) is 8.08. The first kappa shape index (κ1) is 16.6. The molecule has 124 valence electrons. The van der Waals surface area contributed by atoms with Crippen LogP contribution in [0.5, 0.6) is 5.75 Å². The summed E-state index contributed by atoms with van der Waals surface area (Å²) in [6.07, 6.45) is 0. The molecule has 0 aliphatic rings. The average Bonchev–Trinajstić information content (AvgIpc) is 2.68. The largest absolute Gasteiger partial charge is 0.489 e. The minimum atomic E-state index is 0.439. The van der Waals surface area contributed by atoms with Gasteiger partial charge in [-0.1, -0.05) is 42.5 Å². The van der Waals surface area contributed by atoms with Crippen LogP contribution in [0, 0.1) is 11.3 Å². The van der Waals surface area contributed by atoms with Crippen molar-refractivity contribution < 1.29 is 4.74 Å². The smallest absolute Gasteiger partial charge is 0.120 e. The lowest BCUT2D eigenvalue weighted by atomic mass is 10.1. The van der Waals surface area contributed by atoms with Crippen LogP contribution in [-0.4, -0.2) is 0 Å². The molecule has 4 nitrogen and oxygen atoms in total. The molecular weight excluding hydrogens is 310 g/mol. The summed E-state index contributed by atoms with van der Waals surface area (Å²) in [5.41, 5.74) is 10.1. The van der Waals surface area contributed by atoms with Crippen molar-refractivity contribution >= 4 is 5.69 Å². The topological polar surface area (TPSA) is 57.1 Å². The number of benzene rings is 3. The molecule has 3 aromatic rings. The van der Waals surface area contributed by atoms with Crippen molar-refractivity contribution in [3.63, 3.8) is 0 Å². The number of nitrogens with zero attached hydrogens (tertiary/aromatic N) is 1. The number of hydrogen-bond acceptors (Lipinski definition) is 4. The number of hydrazine groups is 1. The highest BCUT2D eigenvalue weighted by molar-refractivity contribution is 5.41. The van der Waals surface area contributed by atoms with Gasteiger partial charge in [0, 0.05) is 12.2 Å². The lowest BCUT2D eigenvalue weighted by Gasteiger charge is -2.10. The average molecular weight is 329 g/mol. The molecule has 0 saturated carbocycles. The third-order valence-electron chi connectivity index (χ3n) is 3.66. The van der Waals surface area contributed by atoms with E-state index in [1.54, 1.807) is 6.07 Å². The molecule has 2 N–H and O–H groups in total. The SMILES string of the molecule is N#Cc1cccc(COc2cccc(CNNc3ccccc3)c2)c1. The zero-order valence-electron chi connectivity index (χ0n) is 13.8. The van der Waals surface area contributed by atoms with E-state index in [1.807, 2.05) is 72.8 Å². The minimum absolute atomic E-state index is 0.439. The van der Waals surface area contributed by atoms with Crippen molar-refractivity contribution in [3.05, 3.63) is 95.6 Å². The third-order valence-corrected chi connectivity index (χ3v) is 3.66. The molecule has 0 heterocycles. The number of nitriles is 1. The van der Waals surface area contributed by atoms with Crippen molar-refractivity contribution in [1.29, 1.82) is 5.26 Å². The Bertz CT molecular complexity index is 856. The molecule has 0 amide bonds. The standard InChI is InChI=1S/C21H19N3O/c22-14-17-6-4-8-19(12-17)16-25-21-11-5-7-18(13-21)15-23-24-20-9-2-1-3-10-20/h1-13,23-24H,15-16H2. The number of anilines is 1. The Morgan fingerprint density at radius 1 is 0.840 bits per heavy atom. The molecule has 0 atom stereocenters. The highest BCUT2D eigenvalue weighted by Gasteiger charge is 2.00. The van der Waals surface area contributed by atoms with Crippen LogP contribution in [0.25, 0.3) is 0 Å². The van der Waals surface area contributed by atoms with Gasteiger partial charge in [-0.05, 0) is 47.5 Å². The van der Waals surface area contributed by atoms with Gasteiger partial charge in [-0.15, -0.1) is 0 Å². The van der Waals surface area contributed by atoms with E-state index in [2.05, 4.69) is 16.9 Å². The summed E-state index contributed by atoms with van der Waals surface area (Å²) in [4.78, 5) is 0. The van der Waals surface area contributed by atoms with Crippen LogP contribution in [0.15, 0.2) is 78.9 Å². The van der Waals surface area contributed by atoms with E-state index in [4.69, 9.17) is 10.00 Å². The van der Waals surface area contributed by atoms with Gasteiger partial charge in [0.25, 0.3) is 0 Å². The summed E-state index contributed by atoms with van der Waals surface area (Å²) in [5.74, 6) is 0.807. The van der Waals surface area contributed by atoms with Gasteiger partial charge in [-0.3, -0.25) is 0 Å². The maximum Gasteiger partial charge on any atom is 0.120 e. The molecule has 3 rings (SSSR count). The van der Waals surface area contributed by atoms with E-state index < -0.39 is 0 Å². The van der Waals surface area contributed by atoms with Gasteiger partial charge in [0.1, 0.15) is 12.4 Å². The van der Waals surface area contributed by atoms with Gasteiger partial charge < -0.3 is 10.2 Å². The normalized spacial score (nSPS) is 10.0. The molecule has 0 bridgehead atoms. The fourth-order valence-electron chi connectivity index (χ4n) is 2.41. The fraction of sp³-hybridized carbons (Fsp3) is 0.0952. The van der Waals surface area contributed by atoms with Crippen LogP contribution < -0.4 is 15.6 Å². The molecule has 25 heavy (non-hydrogen) atoms. The maximum atomic E-state index is 8.94. The summed E-state index contributed by atoms with van der Waals surface area (Å²) >= 11 is 0. The van der Waals surface area contributed by atoms with E-state index >= 15 is 0 Å². The van der Waals surface area contributed by atoms with Crippen LogP contribution in [0.3, 0.4) is 0 Å². The Balaban J connectivity index is 1.53. The molecule has 0 aromatic heterocycles. The number of ether oxygens (including phenoxy) is 1. The third kappa shape index (κ3) is 5.10. The van der Waals surface area contributed by atoms with Crippen molar-refractivity contribution in [2.75, 3.05) is 5.43 Å². The Labute approximate surface area is 147 Å². The molecule has 0 fully saturated rings. The minimum Gasteiger partial charge on any atom is -0.489 e. The molecule has 0 unspecified atom stereocenters. The summed E-state index contributed by atoms with van der Waals surface area (Å²) < 4.78 is 5.84. The molecule has 0 radical (unpaired) electrons. The van der Waals surface area contributed by atoms with E-state index in [1.165, 1.54) is 0 Å². The maximum absolute atomic E-state index is 8.94. The van der Waals surface area contributed by atoms with E-state index in [0.717, 1.165) is 22.6 Å². The number of nitrogens with one attached hydrogen (secondary N) is 2. The van der Waals surface area contributed by atoms with Crippen LogP contribution in [0.1, 0.15) is 16.7 Å². The Morgan fingerprint density at radius 3 is 2.48 bits per heavy atom. The summed E-state index contributed by atoms with van der Waals surface area (Å²) in [7, 11) is 0. The molecule has 0 aliphatic carbocycles. The first-order chi connectivity index (χ1) is 12.3. The van der Waals surface area contributed by atoms with Crippen LogP contribution in [-0.2, 0) is 13.2 Å². The van der Waals surface area contributed by atoms with Crippen molar-refractivity contribution in [2.24, 2.45) is 0 Å². The highest BCUT2D eigenvalue weighted by Crippen LogP contribution is 2.16. The summed E-state index contributed by atoms with van der Waals surface area (Å²) in [5, 5.41) is 8.94. The molecular formula is C21H19N3O. The molecule has 0 spiro atoms. The number of hydrogen-bond donors (Lipinski definition) is 2. The molecule has 3 aromatic carbocycles. The van der Waals surface area contributed by atoms with Crippen LogP contribution in [0.4, 0.5) is 5.69 Å². The first-order valence-electron chi connectivity index (χ1n) is 8.08. The number of rotatable bonds is 7. The lowest BCUT2D eigenvalue weighted by Crippen LogP contribution is -2.20. The monoisotopic (exact) mass is 329 g/mol. The van der Waals surface area contributed by atoms with Gasteiger partial charge in [0.05, 0.1) is 11.6 Å². The highest BCUT2D eigenvalue weighted by atomic mass is 16.5. The summed E-state index contributed by atoms with van der Waals surface area (Å²) in [6.45, 7) is 1.12. The van der Waals surface area contributed by atoms with E-state index in [0.29, 0.717) is 18.7 Å². The Hall–Kier alpha value is -3.29. The quantitative estimate of drug-likeness (QED) is 0.636. The van der Waals surface area contributed by atoms with Crippen LogP contribution >= 0.6 is 0 Å². The summed E-state index contributed by atoms with van der Waals surface area (Å²) in [6, 6.07) is 27.5. The Kier molecular flexibility index (Phi) is 5.65. The predicted molar refractivity (Wildman–Crippen MR) is 98.8 cm³/mol. The molecule has 0 saturated heterocycles. The van der Waals surface area contributed by atoms with Gasteiger partial charge in [0.15, 0.2) is 0 Å². The predicted octanol–water partition coefficient (Wildman–Crippen LogP) is 4.25. The van der Waals surface area contributed by atoms with Crippen molar-refractivity contribution in [2.45, 2.75) is 13.2 Å². The molecule has 4 heteroatoms. The molecule has 0 aliphatic heterocycles.